The van der Waals surface area contributed by atoms with Crippen molar-refractivity contribution < 1.29 is 8.42 Å². The molecule has 0 spiro atoms. The Bertz CT molecular complexity index is 1270. The minimum absolute atomic E-state index is 0.0000877. The fraction of sp³-hybridized carbons (Fsp3) is 0.158. The molecule has 3 aromatic heterocycles. The van der Waals surface area contributed by atoms with Crippen LogP contribution in [0.5, 0.6) is 0 Å². The summed E-state index contributed by atoms with van der Waals surface area (Å²) in [7, 11) is -1.51. The predicted molar refractivity (Wildman–Crippen MR) is 108 cm³/mol. The van der Waals surface area contributed by atoms with Gasteiger partial charge in [0.2, 0.25) is 10.0 Å². The van der Waals surface area contributed by atoms with E-state index < -0.39 is 10.0 Å². The lowest BCUT2D eigenvalue weighted by Gasteiger charge is -2.08. The number of nitrogens with one attached hydrogen (secondary N) is 1. The van der Waals surface area contributed by atoms with Crippen LogP contribution in [0, 0.1) is 0 Å². The summed E-state index contributed by atoms with van der Waals surface area (Å²) in [6.45, 7) is 1.58. The Balaban J connectivity index is 1.73. The van der Waals surface area contributed by atoms with Gasteiger partial charge in [0.15, 0.2) is 0 Å². The summed E-state index contributed by atoms with van der Waals surface area (Å²) in [5.74, 6) is -0.0000877. The van der Waals surface area contributed by atoms with Gasteiger partial charge in [0.05, 0.1) is 46.8 Å². The summed E-state index contributed by atoms with van der Waals surface area (Å²) in [6, 6.07) is 7.46. The lowest BCUT2D eigenvalue weighted by atomic mass is 10.1. The van der Waals surface area contributed by atoms with Crippen LogP contribution in [0.25, 0.3) is 33.4 Å². The van der Waals surface area contributed by atoms with Crippen LogP contribution in [0.4, 0.5) is 5.69 Å². The fourth-order valence-corrected chi connectivity index (χ4v) is 3.40. The van der Waals surface area contributed by atoms with Crippen LogP contribution < -0.4 is 4.72 Å². The number of sulfonamides is 1. The molecule has 0 radical (unpaired) electrons. The molecule has 0 aliphatic heterocycles. The van der Waals surface area contributed by atoms with E-state index in [4.69, 9.17) is 4.98 Å². The summed E-state index contributed by atoms with van der Waals surface area (Å²) < 4.78 is 27.8. The molecule has 0 aliphatic carbocycles. The van der Waals surface area contributed by atoms with Crippen molar-refractivity contribution in [1.82, 2.24) is 24.7 Å². The van der Waals surface area contributed by atoms with Crippen LogP contribution in [-0.4, -0.2) is 38.9 Å². The van der Waals surface area contributed by atoms with Gasteiger partial charge in [-0.05, 0) is 30.7 Å². The Morgan fingerprint density at radius 1 is 1.00 bits per heavy atom. The Morgan fingerprint density at radius 2 is 1.86 bits per heavy atom. The maximum atomic E-state index is 11.8. The van der Waals surface area contributed by atoms with Crippen molar-refractivity contribution in [2.75, 3.05) is 10.5 Å². The third-order valence-corrected chi connectivity index (χ3v) is 5.57. The van der Waals surface area contributed by atoms with Crippen molar-refractivity contribution in [3.63, 3.8) is 0 Å². The van der Waals surface area contributed by atoms with Crippen LogP contribution in [0.2, 0.25) is 0 Å². The van der Waals surface area contributed by atoms with Crippen molar-refractivity contribution in [3.8, 4) is 22.4 Å². The molecule has 0 bridgehead atoms. The number of fused-ring (bicyclic) bond motifs is 1. The van der Waals surface area contributed by atoms with Gasteiger partial charge in [-0.25, -0.2) is 13.4 Å². The van der Waals surface area contributed by atoms with Crippen LogP contribution >= 0.6 is 0 Å². The number of nitrogens with zero attached hydrogens (tertiary/aromatic N) is 5. The number of benzene rings is 1. The highest BCUT2D eigenvalue weighted by atomic mass is 32.2. The van der Waals surface area contributed by atoms with Gasteiger partial charge in [-0.3, -0.25) is 19.4 Å². The van der Waals surface area contributed by atoms with Crippen LogP contribution in [0.3, 0.4) is 0 Å². The van der Waals surface area contributed by atoms with E-state index in [0.717, 1.165) is 33.4 Å². The second kappa shape index (κ2) is 7.01. The largest absolute Gasteiger partial charge is 0.282 e. The SMILES string of the molecule is CCS(=O)(=O)Nc1cncc(-c2ccc3ncc(-c4cnn(C)c4)nc3c2)c1. The van der Waals surface area contributed by atoms with Gasteiger partial charge in [-0.1, -0.05) is 6.07 Å². The van der Waals surface area contributed by atoms with Crippen molar-refractivity contribution in [3.05, 3.63) is 55.2 Å². The third kappa shape index (κ3) is 3.70. The summed E-state index contributed by atoms with van der Waals surface area (Å²) in [5.41, 5.74) is 5.21. The minimum atomic E-state index is -3.36. The first kappa shape index (κ1) is 18.1. The zero-order valence-electron chi connectivity index (χ0n) is 15.4. The number of hydrogen-bond donors (Lipinski definition) is 1. The summed E-state index contributed by atoms with van der Waals surface area (Å²) in [6.07, 6.45) is 8.52. The van der Waals surface area contributed by atoms with Crippen molar-refractivity contribution in [2.45, 2.75) is 6.92 Å². The Labute approximate surface area is 162 Å². The van der Waals surface area contributed by atoms with Crippen molar-refractivity contribution >= 4 is 26.7 Å². The van der Waals surface area contributed by atoms with E-state index in [2.05, 4.69) is 19.8 Å². The number of anilines is 1. The molecule has 142 valence electrons. The molecule has 4 aromatic rings. The molecular weight excluding hydrogens is 376 g/mol. The van der Waals surface area contributed by atoms with Gasteiger partial charge in [0, 0.05) is 30.6 Å². The zero-order valence-corrected chi connectivity index (χ0v) is 16.2. The first-order chi connectivity index (χ1) is 13.4. The minimum Gasteiger partial charge on any atom is -0.282 e. The smallest absolute Gasteiger partial charge is 0.232 e. The average Bonchev–Trinajstić information content (AvgIpc) is 3.13. The standard InChI is InChI=1S/C19H18N6O2S/c1-3-28(26,27)24-16-6-14(8-20-10-16)13-4-5-17-18(7-13)23-19(11-21-17)15-9-22-25(2)12-15/h4-12,24H,3H2,1-2H3. The van der Waals surface area contributed by atoms with E-state index in [1.54, 1.807) is 36.3 Å². The van der Waals surface area contributed by atoms with Gasteiger partial charge in [0.25, 0.3) is 0 Å². The highest BCUT2D eigenvalue weighted by Crippen LogP contribution is 2.26. The second-order valence-electron chi connectivity index (χ2n) is 6.33. The number of hydrogen-bond acceptors (Lipinski definition) is 6. The summed E-state index contributed by atoms with van der Waals surface area (Å²) >= 11 is 0. The lowest BCUT2D eigenvalue weighted by Crippen LogP contribution is -2.14. The highest BCUT2D eigenvalue weighted by Gasteiger charge is 2.10. The van der Waals surface area contributed by atoms with Gasteiger partial charge in [-0.2, -0.15) is 5.10 Å². The van der Waals surface area contributed by atoms with Crippen molar-refractivity contribution in [1.29, 1.82) is 0 Å². The molecule has 0 fully saturated rings. The molecule has 3 heterocycles. The van der Waals surface area contributed by atoms with Gasteiger partial charge in [-0.15, -0.1) is 0 Å². The Kier molecular flexibility index (Phi) is 4.52. The van der Waals surface area contributed by atoms with Gasteiger partial charge < -0.3 is 0 Å². The molecule has 28 heavy (non-hydrogen) atoms. The van der Waals surface area contributed by atoms with Crippen LogP contribution in [0.15, 0.2) is 55.2 Å². The number of aryl methyl sites for hydroxylation is 1. The van der Waals surface area contributed by atoms with E-state index in [9.17, 15) is 8.42 Å². The molecule has 0 atom stereocenters. The lowest BCUT2D eigenvalue weighted by molar-refractivity contribution is 0.602. The molecule has 8 nitrogen and oxygen atoms in total. The van der Waals surface area contributed by atoms with E-state index in [0.29, 0.717) is 5.69 Å². The van der Waals surface area contributed by atoms with Gasteiger partial charge >= 0.3 is 0 Å². The van der Waals surface area contributed by atoms with E-state index in [1.807, 2.05) is 31.4 Å². The fourth-order valence-electron chi connectivity index (χ4n) is 2.79. The van der Waals surface area contributed by atoms with E-state index in [-0.39, 0.29) is 5.75 Å². The maximum absolute atomic E-state index is 11.8. The second-order valence-corrected chi connectivity index (χ2v) is 8.34. The normalized spacial score (nSPS) is 11.6. The Hall–Kier alpha value is -3.33. The van der Waals surface area contributed by atoms with Crippen LogP contribution in [0.1, 0.15) is 6.92 Å². The summed E-state index contributed by atoms with van der Waals surface area (Å²) in [5, 5.41) is 4.17. The number of rotatable bonds is 5. The molecule has 0 saturated heterocycles. The average molecular weight is 394 g/mol. The zero-order chi connectivity index (χ0) is 19.7. The number of aromatic nitrogens is 5. The first-order valence-electron chi connectivity index (χ1n) is 8.65. The molecular formula is C19H18N6O2S. The van der Waals surface area contributed by atoms with Crippen molar-refractivity contribution in [2.24, 2.45) is 7.05 Å². The highest BCUT2D eigenvalue weighted by molar-refractivity contribution is 7.92. The van der Waals surface area contributed by atoms with E-state index >= 15 is 0 Å². The topological polar surface area (TPSA) is 103 Å². The molecule has 0 unspecified atom stereocenters. The van der Waals surface area contributed by atoms with Crippen LogP contribution in [-0.2, 0) is 17.1 Å². The first-order valence-corrected chi connectivity index (χ1v) is 10.3. The molecule has 0 aliphatic rings. The van der Waals surface area contributed by atoms with E-state index in [1.165, 1.54) is 6.20 Å². The maximum Gasteiger partial charge on any atom is 0.232 e. The molecule has 9 heteroatoms. The molecule has 1 N–H and O–H groups in total. The monoisotopic (exact) mass is 394 g/mol. The Morgan fingerprint density at radius 3 is 2.61 bits per heavy atom. The molecule has 1 aromatic carbocycles. The quantitative estimate of drug-likeness (QED) is 0.558. The molecule has 0 saturated carbocycles. The third-order valence-electron chi connectivity index (χ3n) is 4.27. The predicted octanol–water partition coefficient (Wildman–Crippen LogP) is 2.85. The molecule has 0 amide bonds. The van der Waals surface area contributed by atoms with Gasteiger partial charge in [0.1, 0.15) is 0 Å². The number of pyridine rings is 1. The summed E-state index contributed by atoms with van der Waals surface area (Å²) in [4.78, 5) is 13.3. The molecule has 4 rings (SSSR count).